The average Bonchev–Trinajstić information content (AvgIpc) is 2.83. The van der Waals surface area contributed by atoms with Gasteiger partial charge >= 0.3 is 0 Å². The quantitative estimate of drug-likeness (QED) is 0.611. The molecule has 10 heteroatoms. The van der Waals surface area contributed by atoms with Crippen LogP contribution in [0, 0.1) is 13.8 Å². The lowest BCUT2D eigenvalue weighted by Crippen LogP contribution is -2.26. The van der Waals surface area contributed by atoms with E-state index in [1.165, 1.54) is 12.1 Å². The van der Waals surface area contributed by atoms with Crippen LogP contribution in [0.15, 0.2) is 34.1 Å². The first kappa shape index (κ1) is 18.6. The summed E-state index contributed by atoms with van der Waals surface area (Å²) in [4.78, 5) is 0.234. The van der Waals surface area contributed by atoms with E-state index >= 15 is 0 Å². The number of nitrogens with two attached hydrogens (primary N) is 1. The van der Waals surface area contributed by atoms with Crippen LogP contribution in [0.25, 0.3) is 0 Å². The number of hydrogen-bond acceptors (Lipinski definition) is 5. The molecule has 0 aliphatic heterocycles. The zero-order chi connectivity index (χ0) is 18.0. The lowest BCUT2D eigenvalue weighted by Gasteiger charge is -2.07. The molecular weight excluding hydrogens is 352 g/mol. The lowest BCUT2D eigenvalue weighted by molar-refractivity contribution is 0.577. The summed E-state index contributed by atoms with van der Waals surface area (Å²) in [5.41, 5.74) is 1.83. The minimum Gasteiger partial charge on any atom is -0.281 e. The van der Waals surface area contributed by atoms with Crippen molar-refractivity contribution in [1.82, 2.24) is 14.9 Å². The van der Waals surface area contributed by atoms with Gasteiger partial charge in [0.1, 0.15) is 4.90 Å². The van der Waals surface area contributed by atoms with E-state index in [0.717, 1.165) is 5.56 Å². The van der Waals surface area contributed by atoms with Crippen molar-refractivity contribution in [2.75, 3.05) is 6.54 Å². The maximum Gasteiger partial charge on any atom is 0.244 e. The zero-order valence-corrected chi connectivity index (χ0v) is 15.0. The summed E-state index contributed by atoms with van der Waals surface area (Å²) in [6.45, 7) is 3.55. The van der Waals surface area contributed by atoms with E-state index in [9.17, 15) is 16.8 Å². The number of nitrogens with zero attached hydrogens (tertiary/aromatic N) is 1. The Morgan fingerprint density at radius 3 is 2.25 bits per heavy atom. The van der Waals surface area contributed by atoms with Gasteiger partial charge in [-0.25, -0.2) is 26.7 Å². The molecule has 0 bridgehead atoms. The van der Waals surface area contributed by atoms with Crippen molar-refractivity contribution >= 4 is 20.0 Å². The molecule has 1 aromatic heterocycles. The standard InChI is InChI=1S/C14H20N4O4S2/c1-10-14(11(2)18-17-10)24(21,22)16-9-3-4-12-5-7-13(8-6-12)23(15,19)20/h5-8,16H,3-4,9H2,1-2H3,(H,17,18)(H2,15,19,20). The summed E-state index contributed by atoms with van der Waals surface area (Å²) >= 11 is 0. The molecule has 8 nitrogen and oxygen atoms in total. The third kappa shape index (κ3) is 4.41. The number of hydrogen-bond donors (Lipinski definition) is 3. The number of aryl methyl sites for hydroxylation is 3. The highest BCUT2D eigenvalue weighted by Gasteiger charge is 2.21. The molecule has 2 aromatic rings. The molecule has 1 heterocycles. The molecule has 2 rings (SSSR count). The highest BCUT2D eigenvalue weighted by Crippen LogP contribution is 2.16. The highest BCUT2D eigenvalue weighted by molar-refractivity contribution is 7.89. The van der Waals surface area contributed by atoms with Gasteiger partial charge in [0.2, 0.25) is 20.0 Å². The molecule has 0 saturated heterocycles. The number of primary sulfonamides is 1. The second-order valence-corrected chi connectivity index (χ2v) is 8.72. The highest BCUT2D eigenvalue weighted by atomic mass is 32.2. The minimum absolute atomic E-state index is 0.0536. The van der Waals surface area contributed by atoms with Crippen molar-refractivity contribution < 1.29 is 16.8 Å². The summed E-state index contributed by atoms with van der Waals surface area (Å²) in [5.74, 6) is 0. The normalized spacial score (nSPS) is 12.5. The van der Waals surface area contributed by atoms with Gasteiger partial charge < -0.3 is 0 Å². The number of aromatic nitrogens is 2. The van der Waals surface area contributed by atoms with E-state index in [1.54, 1.807) is 26.0 Å². The lowest BCUT2D eigenvalue weighted by atomic mass is 10.1. The van der Waals surface area contributed by atoms with Gasteiger partial charge in [-0.3, -0.25) is 5.10 Å². The van der Waals surface area contributed by atoms with E-state index < -0.39 is 20.0 Å². The number of aromatic amines is 1. The Morgan fingerprint density at radius 1 is 1.12 bits per heavy atom. The molecule has 24 heavy (non-hydrogen) atoms. The van der Waals surface area contributed by atoms with Crippen molar-refractivity contribution in [2.24, 2.45) is 5.14 Å². The van der Waals surface area contributed by atoms with E-state index in [-0.39, 0.29) is 16.3 Å². The fourth-order valence-electron chi connectivity index (χ4n) is 2.35. The third-order valence-corrected chi connectivity index (χ3v) is 6.17. The Labute approximate surface area is 141 Å². The zero-order valence-electron chi connectivity index (χ0n) is 13.4. The third-order valence-electron chi connectivity index (χ3n) is 3.52. The van der Waals surface area contributed by atoms with Gasteiger partial charge in [-0.05, 0) is 44.4 Å². The fraction of sp³-hybridized carbons (Fsp3) is 0.357. The average molecular weight is 372 g/mol. The number of sulfonamides is 2. The predicted octanol–water partition coefficient (Wildman–Crippen LogP) is 0.585. The van der Waals surface area contributed by atoms with E-state index in [0.29, 0.717) is 24.2 Å². The van der Waals surface area contributed by atoms with Crippen molar-refractivity contribution in [3.63, 3.8) is 0 Å². The maximum absolute atomic E-state index is 12.2. The predicted molar refractivity (Wildman–Crippen MR) is 89.4 cm³/mol. The molecule has 1 aromatic carbocycles. The Hall–Kier alpha value is -1.75. The van der Waals surface area contributed by atoms with Gasteiger partial charge in [0.25, 0.3) is 0 Å². The Balaban J connectivity index is 1.91. The van der Waals surface area contributed by atoms with Gasteiger partial charge in [-0.1, -0.05) is 12.1 Å². The van der Waals surface area contributed by atoms with Gasteiger partial charge in [-0.15, -0.1) is 0 Å². The second-order valence-electron chi connectivity index (χ2n) is 5.45. The molecule has 0 aliphatic rings. The SMILES string of the molecule is Cc1n[nH]c(C)c1S(=O)(=O)NCCCc1ccc(S(N)(=O)=O)cc1. The van der Waals surface area contributed by atoms with Gasteiger partial charge in [0, 0.05) is 6.54 Å². The molecule has 0 atom stereocenters. The van der Waals surface area contributed by atoms with Crippen LogP contribution in [0.1, 0.15) is 23.4 Å². The number of benzene rings is 1. The monoisotopic (exact) mass is 372 g/mol. The molecule has 132 valence electrons. The maximum atomic E-state index is 12.2. The molecule has 0 saturated carbocycles. The smallest absolute Gasteiger partial charge is 0.244 e. The van der Waals surface area contributed by atoms with Crippen LogP contribution in [0.4, 0.5) is 0 Å². The number of H-pyrrole nitrogens is 1. The summed E-state index contributed by atoms with van der Waals surface area (Å²) in [6.07, 6.45) is 1.18. The first-order valence-electron chi connectivity index (χ1n) is 7.24. The molecular formula is C14H20N4O4S2. The second kappa shape index (κ2) is 7.01. The minimum atomic E-state index is -3.70. The number of nitrogens with one attached hydrogen (secondary N) is 2. The van der Waals surface area contributed by atoms with Crippen LogP contribution >= 0.6 is 0 Å². The molecule has 0 unspecified atom stereocenters. The van der Waals surface area contributed by atoms with Crippen molar-refractivity contribution in [1.29, 1.82) is 0 Å². The van der Waals surface area contributed by atoms with Crippen LogP contribution in [-0.2, 0) is 26.5 Å². The van der Waals surface area contributed by atoms with E-state index in [4.69, 9.17) is 5.14 Å². The number of rotatable bonds is 7. The van der Waals surface area contributed by atoms with Crippen LogP contribution < -0.4 is 9.86 Å². The van der Waals surface area contributed by atoms with Crippen LogP contribution in [0.2, 0.25) is 0 Å². The van der Waals surface area contributed by atoms with Gasteiger partial charge in [0.15, 0.2) is 0 Å². The summed E-state index contributed by atoms with van der Waals surface area (Å²) in [7, 11) is -7.30. The summed E-state index contributed by atoms with van der Waals surface area (Å²) < 4.78 is 49.4. The fourth-order valence-corrected chi connectivity index (χ4v) is 4.31. The summed E-state index contributed by atoms with van der Waals surface area (Å²) in [6, 6.07) is 6.21. The van der Waals surface area contributed by atoms with Gasteiger partial charge in [0.05, 0.1) is 16.3 Å². The molecule has 0 spiro atoms. The topological polar surface area (TPSA) is 135 Å². The van der Waals surface area contributed by atoms with E-state index in [2.05, 4.69) is 14.9 Å². The van der Waals surface area contributed by atoms with E-state index in [1.807, 2.05) is 0 Å². The Morgan fingerprint density at radius 2 is 1.75 bits per heavy atom. The molecule has 0 aliphatic carbocycles. The molecule has 0 fully saturated rings. The largest absolute Gasteiger partial charge is 0.281 e. The first-order valence-corrected chi connectivity index (χ1v) is 10.3. The van der Waals surface area contributed by atoms with Crippen LogP contribution in [-0.4, -0.2) is 33.6 Å². The van der Waals surface area contributed by atoms with Crippen molar-refractivity contribution in [3.8, 4) is 0 Å². The Kier molecular flexibility index (Phi) is 5.43. The molecule has 4 N–H and O–H groups in total. The molecule has 0 amide bonds. The van der Waals surface area contributed by atoms with Crippen LogP contribution in [0.3, 0.4) is 0 Å². The van der Waals surface area contributed by atoms with Crippen LogP contribution in [0.5, 0.6) is 0 Å². The van der Waals surface area contributed by atoms with Crippen molar-refractivity contribution in [3.05, 3.63) is 41.2 Å². The van der Waals surface area contributed by atoms with Crippen molar-refractivity contribution in [2.45, 2.75) is 36.5 Å². The first-order chi connectivity index (χ1) is 11.1. The molecule has 0 radical (unpaired) electrons. The summed E-state index contributed by atoms with van der Waals surface area (Å²) in [5, 5.41) is 11.6. The Bertz CT molecular complexity index is 897. The van der Waals surface area contributed by atoms with Gasteiger partial charge in [-0.2, -0.15) is 5.10 Å².